The fraction of sp³-hybridized carbons (Fsp3) is 0.667. The lowest BCUT2D eigenvalue weighted by Gasteiger charge is -2.36. The van der Waals surface area contributed by atoms with Crippen LogP contribution in [-0.4, -0.2) is 262 Å². The van der Waals surface area contributed by atoms with E-state index >= 15 is 24.0 Å². The molecule has 0 spiro atoms. The zero-order valence-corrected chi connectivity index (χ0v) is 66.6. The van der Waals surface area contributed by atoms with Crippen LogP contribution in [0.2, 0.25) is 0 Å². The number of nitrogens with one attached hydrogen (secondary N) is 4. The number of benzene rings is 2. The van der Waals surface area contributed by atoms with Gasteiger partial charge in [-0.1, -0.05) is 40.5 Å². The average molecular weight is 1570 g/mol. The Morgan fingerprint density at radius 1 is 0.459 bits per heavy atom. The highest BCUT2D eigenvalue weighted by atomic mass is 16.6. The molecule has 3 heterocycles. The highest BCUT2D eigenvalue weighted by Gasteiger charge is 2.59. The minimum atomic E-state index is -1.98. The van der Waals surface area contributed by atoms with E-state index < -0.39 is 217 Å². The molecule has 618 valence electrons. The number of carboxylic acid groups (broad SMARTS) is 3. The molecule has 18 unspecified atom stereocenters. The van der Waals surface area contributed by atoms with Crippen molar-refractivity contribution in [1.82, 2.24) is 31.1 Å². The number of hydrogen-bond donors (Lipinski definition) is 7. The number of carbonyl (C=O) groups is 14. The number of anilines is 2. The van der Waals surface area contributed by atoms with Crippen molar-refractivity contribution >= 4 is 94.4 Å². The number of unbranched alkanes of at least 4 members (excludes halogenated alkanes) is 2. The largest absolute Gasteiger partial charge is 0.481 e. The highest BCUT2D eigenvalue weighted by Crippen LogP contribution is 2.45. The quantitative estimate of drug-likeness (QED) is 0.0212. The van der Waals surface area contributed by atoms with Crippen molar-refractivity contribution in [3.63, 3.8) is 0 Å². The number of hydrogen-bond acceptors (Lipinski definition) is 24. The smallest absolute Gasteiger partial charge is 0.320 e. The molecule has 33 nitrogen and oxygen atoms in total. The lowest BCUT2D eigenvalue weighted by atomic mass is 9.72. The van der Waals surface area contributed by atoms with E-state index in [1.54, 1.807) is 55.5 Å². The first-order chi connectivity index (χ1) is 52.8. The molecule has 2 aromatic rings. The van der Waals surface area contributed by atoms with Crippen LogP contribution in [0.3, 0.4) is 0 Å². The number of imide groups is 2. The molecule has 0 bridgehead atoms. The Bertz CT molecular complexity index is 3500. The molecule has 0 radical (unpaired) electrons. The summed E-state index contributed by atoms with van der Waals surface area (Å²) in [6, 6.07) is 13.7. The first-order valence-corrected chi connectivity index (χ1v) is 38.0. The number of ether oxygens (including phenoxy) is 8. The third kappa shape index (κ3) is 23.8. The van der Waals surface area contributed by atoms with E-state index in [1.807, 2.05) is 51.8 Å². The molecule has 3 fully saturated rings. The topological polar surface area (TPSA) is 435 Å². The van der Waals surface area contributed by atoms with Crippen LogP contribution in [-0.2, 0) is 95.4 Å². The van der Waals surface area contributed by atoms with Gasteiger partial charge in [0.05, 0.1) is 114 Å². The standard InChI is InChI=1S/C78H116N8O25/c1-16-20-32-81-68(90)61(51(74(97)98)41-58(109-15)64(77(102)110-19-4)52(75(99)100)42-54(105-11)59-43(5)76(101)111-78(59)103)55(106-12)38-48-62(71(93)85(69(48)91)36-21-17-2)56(107-13)39-49-63(72(94)86(70(49)92)37-23-35-80-66(88)45-26-30-47(31-27-45)84(8)9)57(108-14)40-50(73(95)96)60(53(18-3)104-10)67(89)82-34-22-33-79-65(87)44-24-28-46(29-25-44)83(6)7/h24-31,43,48-64H,16-23,32-42H2,1-15H3,(H,79,87)(H,80,88)(H,81,90)(H,82,89)(H,95,96)(H,97,98)(H,99,100). The minimum absolute atomic E-state index is 0.000330. The van der Waals surface area contributed by atoms with E-state index in [-0.39, 0.29) is 71.0 Å². The summed E-state index contributed by atoms with van der Waals surface area (Å²) in [5.74, 6) is -33.2. The molecular formula is C78H116N8O25. The summed E-state index contributed by atoms with van der Waals surface area (Å²) < 4.78 is 45.9. The lowest BCUT2D eigenvalue weighted by molar-refractivity contribution is -0.169. The maximum Gasteiger partial charge on any atom is 0.320 e. The van der Waals surface area contributed by atoms with Gasteiger partial charge in [0.25, 0.3) is 11.8 Å². The van der Waals surface area contributed by atoms with Crippen molar-refractivity contribution in [2.75, 3.05) is 127 Å². The van der Waals surface area contributed by atoms with E-state index in [1.165, 1.54) is 35.2 Å². The number of cyclic esters (lactones) is 2. The van der Waals surface area contributed by atoms with Crippen molar-refractivity contribution in [1.29, 1.82) is 0 Å². The van der Waals surface area contributed by atoms with Crippen LogP contribution in [0.25, 0.3) is 0 Å². The van der Waals surface area contributed by atoms with Gasteiger partial charge < -0.3 is 84.3 Å². The van der Waals surface area contributed by atoms with E-state index in [0.29, 0.717) is 36.8 Å². The van der Waals surface area contributed by atoms with Gasteiger partial charge in [0.1, 0.15) is 0 Å². The van der Waals surface area contributed by atoms with Crippen molar-refractivity contribution in [3.8, 4) is 0 Å². The van der Waals surface area contributed by atoms with Gasteiger partial charge in [-0.05, 0) is 120 Å². The summed E-state index contributed by atoms with van der Waals surface area (Å²) >= 11 is 0. The van der Waals surface area contributed by atoms with Gasteiger partial charge in [0.15, 0.2) is 0 Å². The van der Waals surface area contributed by atoms with Crippen molar-refractivity contribution in [3.05, 3.63) is 59.7 Å². The zero-order chi connectivity index (χ0) is 82.7. The van der Waals surface area contributed by atoms with Crippen molar-refractivity contribution in [2.45, 2.75) is 148 Å². The number of nitrogens with zero attached hydrogens (tertiary/aromatic N) is 4. The van der Waals surface area contributed by atoms with E-state index in [0.717, 1.165) is 42.5 Å². The predicted octanol–water partition coefficient (Wildman–Crippen LogP) is 4.09. The molecule has 3 aliphatic rings. The van der Waals surface area contributed by atoms with Crippen LogP contribution in [0, 0.1) is 71.0 Å². The number of carboxylic acids is 3. The summed E-state index contributed by atoms with van der Waals surface area (Å²) in [7, 11) is 14.5. The van der Waals surface area contributed by atoms with Crippen LogP contribution < -0.4 is 31.1 Å². The number of likely N-dealkylation sites (tertiary alicyclic amines) is 2. The van der Waals surface area contributed by atoms with Gasteiger partial charge in [-0.15, -0.1) is 0 Å². The molecule has 0 saturated carbocycles. The number of amides is 8. The Kier molecular flexibility index (Phi) is 37.4. The number of aliphatic carboxylic acids is 3. The van der Waals surface area contributed by atoms with Crippen molar-refractivity contribution < 1.29 is 120 Å². The molecule has 7 N–H and O–H groups in total. The van der Waals surface area contributed by atoms with Gasteiger partial charge in [0, 0.05) is 133 Å². The molecule has 3 aliphatic heterocycles. The van der Waals surface area contributed by atoms with Crippen LogP contribution in [0.15, 0.2) is 48.5 Å². The Balaban J connectivity index is 1.59. The second-order valence-corrected chi connectivity index (χ2v) is 28.8. The van der Waals surface area contributed by atoms with E-state index in [4.69, 9.17) is 37.9 Å². The van der Waals surface area contributed by atoms with Gasteiger partial charge in [-0.2, -0.15) is 0 Å². The number of methoxy groups -OCH3 is 6. The molecule has 5 rings (SSSR count). The van der Waals surface area contributed by atoms with Gasteiger partial charge in [-0.3, -0.25) is 76.9 Å². The Morgan fingerprint density at radius 3 is 1.28 bits per heavy atom. The number of carbonyl (C=O) groups excluding carboxylic acids is 11. The molecular weight excluding hydrogens is 1450 g/mol. The third-order valence-electron chi connectivity index (χ3n) is 21.6. The first-order valence-electron chi connectivity index (χ1n) is 38.0. The van der Waals surface area contributed by atoms with Crippen LogP contribution in [0.5, 0.6) is 0 Å². The van der Waals surface area contributed by atoms with Crippen LogP contribution >= 0.6 is 0 Å². The molecule has 3 saturated heterocycles. The summed E-state index contributed by atoms with van der Waals surface area (Å²) in [6.07, 6.45) is -9.97. The monoisotopic (exact) mass is 1560 g/mol. The zero-order valence-electron chi connectivity index (χ0n) is 66.6. The fourth-order valence-electron chi connectivity index (χ4n) is 15.4. The highest BCUT2D eigenvalue weighted by molar-refractivity contribution is 6.07. The Hall–Kier alpha value is -9.02. The molecule has 0 aromatic heterocycles. The molecule has 33 heteroatoms. The maximum atomic E-state index is 15.5. The van der Waals surface area contributed by atoms with Gasteiger partial charge >= 0.3 is 35.8 Å². The van der Waals surface area contributed by atoms with Crippen LogP contribution in [0.4, 0.5) is 11.4 Å². The fourth-order valence-corrected chi connectivity index (χ4v) is 15.4. The lowest BCUT2D eigenvalue weighted by Crippen LogP contribution is -2.50. The minimum Gasteiger partial charge on any atom is -0.481 e. The summed E-state index contributed by atoms with van der Waals surface area (Å²) in [5.41, 5.74) is 2.45. The second-order valence-electron chi connectivity index (χ2n) is 28.8. The molecule has 8 amide bonds. The molecule has 0 aliphatic carbocycles. The SMILES string of the molecule is CCCCNC(=O)C(C(CC1C(=O)N(CCCC)C(=O)C1C(CC1C(=O)N(CCCNC(=O)c2ccc(N(C)C)cc2)C(=O)C1C(CC(C(=O)O)C(C(=O)NCCCNC(=O)c1ccc(N(C)C)cc1)C(CC)OC)OC)OC)OC)C(CC(OC)C(C(=O)OCC)C(CC(OC)C1C(=O)OC(=O)C1C)C(=O)O)C(=O)O. The third-order valence-corrected chi connectivity index (χ3v) is 21.6. The summed E-state index contributed by atoms with van der Waals surface area (Å²) in [5, 5.41) is 44.8. The molecule has 2 aromatic carbocycles. The van der Waals surface area contributed by atoms with Gasteiger partial charge in [0.2, 0.25) is 35.4 Å². The number of rotatable bonds is 51. The van der Waals surface area contributed by atoms with Crippen molar-refractivity contribution in [2.24, 2.45) is 71.0 Å². The summed E-state index contributed by atoms with van der Waals surface area (Å²) in [4.78, 5) is 205. The maximum absolute atomic E-state index is 15.5. The number of esters is 3. The second kappa shape index (κ2) is 44.9. The Labute approximate surface area is 648 Å². The Morgan fingerprint density at radius 2 is 0.865 bits per heavy atom. The molecule has 111 heavy (non-hydrogen) atoms. The van der Waals surface area contributed by atoms with E-state index in [9.17, 15) is 58.5 Å². The normalized spacial score (nSPS) is 21.0. The average Bonchev–Trinajstić information content (AvgIpc) is 1.62. The van der Waals surface area contributed by atoms with Gasteiger partial charge in [-0.25, -0.2) is 0 Å². The first kappa shape index (κ1) is 92.6. The van der Waals surface area contributed by atoms with Crippen LogP contribution in [0.1, 0.15) is 132 Å². The molecule has 18 atom stereocenters. The van der Waals surface area contributed by atoms with E-state index in [2.05, 4.69) is 21.3 Å². The predicted molar refractivity (Wildman–Crippen MR) is 401 cm³/mol. The summed E-state index contributed by atoms with van der Waals surface area (Å²) in [6.45, 7) is 7.44.